The minimum absolute atomic E-state index is 0.404. The van der Waals surface area contributed by atoms with Crippen molar-refractivity contribution < 1.29 is 4.74 Å². The number of ether oxygens (including phenoxy) is 1. The quantitative estimate of drug-likeness (QED) is 0.360. The Hall–Kier alpha value is -0.860. The molecule has 0 atom stereocenters. The summed E-state index contributed by atoms with van der Waals surface area (Å²) < 4.78 is 4.92. The molecule has 0 bridgehead atoms. The smallest absolute Gasteiger partial charge is 0.0467 e. The van der Waals surface area contributed by atoms with Crippen LogP contribution in [0.3, 0.4) is 0 Å². The summed E-state index contributed by atoms with van der Waals surface area (Å²) in [4.78, 5) is 2.62. The van der Waals surface area contributed by atoms with E-state index in [0.717, 1.165) is 19.4 Å². The molecule has 1 aliphatic rings. The second-order valence-electron chi connectivity index (χ2n) is 16.1. The Morgan fingerprint density at radius 1 is 0.632 bits per heavy atom. The first kappa shape index (κ1) is 39.3. The molecule has 1 saturated heterocycles. The van der Waals surface area contributed by atoms with Gasteiger partial charge in [-0.15, -0.1) is 0 Å². The summed E-state index contributed by atoms with van der Waals surface area (Å²) >= 11 is 0. The minimum atomic E-state index is 0.404. The van der Waals surface area contributed by atoms with Crippen LogP contribution in [0.15, 0.2) is 30.3 Å². The van der Waals surface area contributed by atoms with Crippen LogP contribution in [0, 0.1) is 21.7 Å². The van der Waals surface area contributed by atoms with Crippen LogP contribution in [0.1, 0.15) is 141 Å². The zero-order valence-corrected chi connectivity index (χ0v) is 28.7. The molecule has 1 fully saturated rings. The molecular weight excluding hydrogens is 462 g/mol. The summed E-state index contributed by atoms with van der Waals surface area (Å²) in [6, 6.07) is 10.6. The summed E-state index contributed by atoms with van der Waals surface area (Å²) in [6.07, 6.45) is 10.6. The fraction of sp³-hybridized carbons (Fsp3) is 0.833. The van der Waals surface area contributed by atoms with Crippen molar-refractivity contribution in [3.05, 3.63) is 35.9 Å². The van der Waals surface area contributed by atoms with E-state index in [1.165, 1.54) is 63.7 Å². The number of benzene rings is 1. The van der Waals surface area contributed by atoms with Gasteiger partial charge in [0, 0.05) is 13.7 Å². The van der Waals surface area contributed by atoms with Crippen molar-refractivity contribution in [2.75, 3.05) is 33.4 Å². The third-order valence-corrected chi connectivity index (χ3v) is 6.26. The van der Waals surface area contributed by atoms with Gasteiger partial charge < -0.3 is 9.64 Å². The fourth-order valence-corrected chi connectivity index (χ4v) is 4.04. The topological polar surface area (TPSA) is 12.5 Å². The zero-order valence-electron chi connectivity index (χ0n) is 28.7. The van der Waals surface area contributed by atoms with E-state index in [1.807, 2.05) is 0 Å². The standard InChI is InChI=1S/C11H23N.C11H16.C7H16O.C7H16/c1-11(2,3)7-10-12-8-5-4-6-9-12;1-11(2,3)9-10-7-5-4-6-8-10;1-7(2,3)5-6-8-4;1-5-6-7(2,3)4/h4-10H2,1-3H3;4-8H,9H2,1-3H3;5-6H2,1-4H3;5-6H2,1-4H3. The van der Waals surface area contributed by atoms with Crippen LogP contribution < -0.4 is 0 Å². The molecule has 2 nitrogen and oxygen atoms in total. The maximum atomic E-state index is 4.92. The molecule has 1 aromatic carbocycles. The molecule has 1 aliphatic heterocycles. The summed E-state index contributed by atoms with van der Waals surface area (Å²) in [5, 5.41) is 0. The molecule has 1 heterocycles. The molecule has 0 aromatic heterocycles. The molecule has 1 aromatic rings. The van der Waals surface area contributed by atoms with Gasteiger partial charge in [-0.25, -0.2) is 0 Å². The molecule has 0 radical (unpaired) electrons. The van der Waals surface area contributed by atoms with Crippen molar-refractivity contribution in [3.63, 3.8) is 0 Å². The molecule has 0 amide bonds. The second kappa shape index (κ2) is 20.1. The molecule has 0 N–H and O–H groups in total. The number of likely N-dealkylation sites (tertiary alicyclic amines) is 1. The Kier molecular flexibility index (Phi) is 20.8. The number of hydrogen-bond donors (Lipinski definition) is 0. The lowest BCUT2D eigenvalue weighted by atomic mass is 9.88. The molecule has 0 spiro atoms. The molecule has 0 aliphatic carbocycles. The van der Waals surface area contributed by atoms with Crippen molar-refractivity contribution in [3.8, 4) is 0 Å². The van der Waals surface area contributed by atoms with E-state index in [1.54, 1.807) is 7.11 Å². The molecule has 0 saturated carbocycles. The van der Waals surface area contributed by atoms with Crippen LogP contribution in [0.2, 0.25) is 0 Å². The van der Waals surface area contributed by atoms with Crippen LogP contribution in [-0.4, -0.2) is 38.3 Å². The maximum absolute atomic E-state index is 4.92. The summed E-state index contributed by atoms with van der Waals surface area (Å²) in [5.74, 6) is 0. The highest BCUT2D eigenvalue weighted by Crippen LogP contribution is 2.21. The van der Waals surface area contributed by atoms with E-state index in [9.17, 15) is 0 Å². The van der Waals surface area contributed by atoms with Gasteiger partial charge in [-0.3, -0.25) is 0 Å². The first-order valence-corrected chi connectivity index (χ1v) is 15.5. The van der Waals surface area contributed by atoms with Gasteiger partial charge in [0.1, 0.15) is 0 Å². The summed E-state index contributed by atoms with van der Waals surface area (Å²) in [7, 11) is 1.74. The number of piperidine rings is 1. The van der Waals surface area contributed by atoms with Gasteiger partial charge in [-0.1, -0.05) is 133 Å². The largest absolute Gasteiger partial charge is 0.385 e. The van der Waals surface area contributed by atoms with Crippen molar-refractivity contribution in [1.29, 1.82) is 0 Å². The van der Waals surface area contributed by atoms with Crippen molar-refractivity contribution in [1.82, 2.24) is 4.90 Å². The average Bonchev–Trinajstić information content (AvgIpc) is 2.76. The Bertz CT molecular complexity index is 631. The van der Waals surface area contributed by atoms with E-state index in [4.69, 9.17) is 4.74 Å². The van der Waals surface area contributed by atoms with E-state index < -0.39 is 0 Å². The molecule has 2 rings (SSSR count). The van der Waals surface area contributed by atoms with E-state index in [0.29, 0.717) is 21.7 Å². The van der Waals surface area contributed by atoms with Crippen LogP contribution >= 0.6 is 0 Å². The van der Waals surface area contributed by atoms with Gasteiger partial charge in [-0.2, -0.15) is 0 Å². The molecule has 0 unspecified atom stereocenters. The van der Waals surface area contributed by atoms with Crippen molar-refractivity contribution in [2.45, 2.75) is 141 Å². The molecular formula is C36H71NO. The average molecular weight is 534 g/mol. The molecule has 2 heteroatoms. The lowest BCUT2D eigenvalue weighted by molar-refractivity contribution is 0.159. The van der Waals surface area contributed by atoms with Crippen molar-refractivity contribution >= 4 is 0 Å². The van der Waals surface area contributed by atoms with Gasteiger partial charge in [0.2, 0.25) is 0 Å². The highest BCUT2D eigenvalue weighted by Gasteiger charge is 2.15. The predicted octanol–water partition coefficient (Wildman–Crippen LogP) is 11.1. The Balaban J connectivity index is 0. The normalized spacial score (nSPS) is 14.8. The van der Waals surface area contributed by atoms with Crippen LogP contribution in [0.5, 0.6) is 0 Å². The second-order valence-corrected chi connectivity index (χ2v) is 16.1. The van der Waals surface area contributed by atoms with Gasteiger partial charge in [0.15, 0.2) is 0 Å². The monoisotopic (exact) mass is 534 g/mol. The highest BCUT2D eigenvalue weighted by molar-refractivity contribution is 5.15. The predicted molar refractivity (Wildman–Crippen MR) is 174 cm³/mol. The Labute approximate surface area is 241 Å². The zero-order chi connectivity index (χ0) is 29.9. The first-order valence-electron chi connectivity index (χ1n) is 15.5. The minimum Gasteiger partial charge on any atom is -0.385 e. The fourth-order valence-electron chi connectivity index (χ4n) is 4.04. The van der Waals surface area contributed by atoms with Crippen molar-refractivity contribution in [2.24, 2.45) is 21.7 Å². The Morgan fingerprint density at radius 2 is 1.11 bits per heavy atom. The van der Waals surface area contributed by atoms with E-state index >= 15 is 0 Å². The van der Waals surface area contributed by atoms with Crippen LogP contribution in [-0.2, 0) is 11.2 Å². The number of hydrogen-bond acceptors (Lipinski definition) is 2. The lowest BCUT2D eigenvalue weighted by Crippen LogP contribution is -2.32. The van der Waals surface area contributed by atoms with Gasteiger partial charge in [-0.05, 0) is 85.4 Å². The summed E-state index contributed by atoms with van der Waals surface area (Å²) in [6.45, 7) is 34.4. The Morgan fingerprint density at radius 3 is 1.42 bits per heavy atom. The highest BCUT2D eigenvalue weighted by atomic mass is 16.5. The molecule has 38 heavy (non-hydrogen) atoms. The third-order valence-electron chi connectivity index (χ3n) is 6.26. The first-order chi connectivity index (χ1) is 17.3. The van der Waals surface area contributed by atoms with Crippen LogP contribution in [0.4, 0.5) is 0 Å². The van der Waals surface area contributed by atoms with E-state index in [-0.39, 0.29) is 0 Å². The van der Waals surface area contributed by atoms with E-state index in [2.05, 4.69) is 125 Å². The number of nitrogens with zero attached hydrogens (tertiary/aromatic N) is 1. The molecule has 226 valence electrons. The van der Waals surface area contributed by atoms with Gasteiger partial charge in [0.05, 0.1) is 0 Å². The van der Waals surface area contributed by atoms with Gasteiger partial charge in [0.25, 0.3) is 0 Å². The van der Waals surface area contributed by atoms with Gasteiger partial charge >= 0.3 is 0 Å². The SMILES string of the molecule is CC(C)(C)CCN1CCCCC1.CC(C)(C)Cc1ccccc1.CCCC(C)(C)C.COCCC(C)(C)C. The third kappa shape index (κ3) is 33.2. The number of methoxy groups -OCH3 is 1. The number of rotatable bonds is 6. The maximum Gasteiger partial charge on any atom is 0.0467 e. The summed E-state index contributed by atoms with van der Waals surface area (Å²) in [5.41, 5.74) is 3.32. The lowest BCUT2D eigenvalue weighted by Gasteiger charge is -2.29. The van der Waals surface area contributed by atoms with Crippen LogP contribution in [0.25, 0.3) is 0 Å².